The van der Waals surface area contributed by atoms with Gasteiger partial charge in [-0.05, 0) is 54.7 Å². The second-order valence-corrected chi connectivity index (χ2v) is 8.19. The lowest BCUT2D eigenvalue weighted by molar-refractivity contribution is -0.120. The lowest BCUT2D eigenvalue weighted by Crippen LogP contribution is -2.32. The molecule has 1 aromatic carbocycles. The van der Waals surface area contributed by atoms with E-state index in [0.29, 0.717) is 6.42 Å². The molecule has 1 heterocycles. The van der Waals surface area contributed by atoms with E-state index in [1.807, 2.05) is 24.3 Å². The monoisotopic (exact) mass is 394 g/mol. The van der Waals surface area contributed by atoms with Crippen molar-refractivity contribution in [1.29, 1.82) is 0 Å². The fraction of sp³-hybridized carbons (Fsp3) is 0.250. The summed E-state index contributed by atoms with van der Waals surface area (Å²) in [5.41, 5.74) is 1.81. The number of nitrogens with zero attached hydrogens (tertiary/aromatic N) is 1. The minimum Gasteiger partial charge on any atom is -0.274 e. The molecule has 7 heteroatoms. The maximum Gasteiger partial charge on any atom is 0.281 e. The van der Waals surface area contributed by atoms with Gasteiger partial charge in [0.05, 0.1) is 0 Å². The first-order chi connectivity index (χ1) is 10.9. The van der Waals surface area contributed by atoms with Crippen LogP contribution in [0.3, 0.4) is 0 Å². The molecule has 1 aromatic heterocycles. The van der Waals surface area contributed by atoms with Crippen molar-refractivity contribution < 1.29 is 13.2 Å². The summed E-state index contributed by atoms with van der Waals surface area (Å²) in [6.07, 6.45) is 2.07. The SMILES string of the molecule is Cc1ccnc(S(=O)(=O)NC(=O)[C@@H]2C[C@H]2c2ccc(Br)cc2)c1. The Hall–Kier alpha value is -1.73. The smallest absolute Gasteiger partial charge is 0.274 e. The number of pyridine rings is 1. The van der Waals surface area contributed by atoms with E-state index in [0.717, 1.165) is 15.6 Å². The minimum atomic E-state index is -3.92. The quantitative estimate of drug-likeness (QED) is 0.864. The molecule has 5 nitrogen and oxygen atoms in total. The van der Waals surface area contributed by atoms with Crippen molar-refractivity contribution in [3.63, 3.8) is 0 Å². The number of carbonyl (C=O) groups is 1. The maximum absolute atomic E-state index is 12.2. The topological polar surface area (TPSA) is 76.1 Å². The number of aromatic nitrogens is 1. The van der Waals surface area contributed by atoms with Crippen molar-refractivity contribution in [2.75, 3.05) is 0 Å². The molecule has 2 aromatic rings. The average molecular weight is 395 g/mol. The van der Waals surface area contributed by atoms with Crippen LogP contribution in [0.5, 0.6) is 0 Å². The molecule has 1 aliphatic rings. The second-order valence-electron chi connectivity index (χ2n) is 5.64. The fourth-order valence-corrected chi connectivity index (χ4v) is 3.80. The molecule has 0 aliphatic heterocycles. The van der Waals surface area contributed by atoms with Crippen molar-refractivity contribution >= 4 is 31.9 Å². The number of rotatable bonds is 4. The number of hydrogen-bond acceptors (Lipinski definition) is 4. The summed E-state index contributed by atoms with van der Waals surface area (Å²) in [4.78, 5) is 16.0. The summed E-state index contributed by atoms with van der Waals surface area (Å²) in [5, 5.41) is -0.133. The van der Waals surface area contributed by atoms with Crippen LogP contribution in [0.1, 0.15) is 23.5 Å². The lowest BCUT2D eigenvalue weighted by Gasteiger charge is -2.07. The second kappa shape index (κ2) is 6.05. The Morgan fingerprint density at radius 3 is 2.61 bits per heavy atom. The molecule has 3 rings (SSSR count). The van der Waals surface area contributed by atoms with Gasteiger partial charge in [0, 0.05) is 16.6 Å². The molecule has 0 saturated heterocycles. The highest BCUT2D eigenvalue weighted by molar-refractivity contribution is 9.10. The molecule has 0 spiro atoms. The van der Waals surface area contributed by atoms with Gasteiger partial charge in [-0.1, -0.05) is 28.1 Å². The van der Waals surface area contributed by atoms with Crippen LogP contribution in [0.2, 0.25) is 0 Å². The van der Waals surface area contributed by atoms with Crippen LogP contribution < -0.4 is 4.72 Å². The number of nitrogens with one attached hydrogen (secondary N) is 1. The highest BCUT2D eigenvalue weighted by atomic mass is 79.9. The lowest BCUT2D eigenvalue weighted by atomic mass is 10.1. The summed E-state index contributed by atoms with van der Waals surface area (Å²) in [5.74, 6) is -0.708. The Labute approximate surface area is 143 Å². The van der Waals surface area contributed by atoms with Crippen molar-refractivity contribution in [2.24, 2.45) is 5.92 Å². The summed E-state index contributed by atoms with van der Waals surface area (Å²) >= 11 is 3.36. The molecule has 1 fully saturated rings. The number of aryl methyl sites for hydroxylation is 1. The third-order valence-electron chi connectivity index (χ3n) is 3.83. The summed E-state index contributed by atoms with van der Waals surface area (Å²) < 4.78 is 27.5. The molecule has 0 bridgehead atoms. The summed E-state index contributed by atoms with van der Waals surface area (Å²) in [7, 11) is -3.92. The first-order valence-electron chi connectivity index (χ1n) is 7.11. The van der Waals surface area contributed by atoms with E-state index in [4.69, 9.17) is 0 Å². The van der Waals surface area contributed by atoms with Gasteiger partial charge in [0.25, 0.3) is 10.0 Å². The number of benzene rings is 1. The molecular weight excluding hydrogens is 380 g/mol. The van der Waals surface area contributed by atoms with Crippen molar-refractivity contribution in [3.05, 3.63) is 58.2 Å². The first kappa shape index (κ1) is 16.1. The molecule has 1 N–H and O–H groups in total. The van der Waals surface area contributed by atoms with Crippen molar-refractivity contribution in [1.82, 2.24) is 9.71 Å². The zero-order chi connectivity index (χ0) is 16.6. The van der Waals surface area contributed by atoms with Crippen molar-refractivity contribution in [2.45, 2.75) is 24.3 Å². The Balaban J connectivity index is 1.69. The van der Waals surface area contributed by atoms with Crippen LogP contribution in [0.15, 0.2) is 52.1 Å². The van der Waals surface area contributed by atoms with E-state index < -0.39 is 15.9 Å². The largest absolute Gasteiger partial charge is 0.281 e. The predicted octanol–water partition coefficient (Wildman–Crippen LogP) is 2.76. The van der Waals surface area contributed by atoms with E-state index in [1.54, 1.807) is 13.0 Å². The number of halogens is 1. The van der Waals surface area contributed by atoms with Crippen molar-refractivity contribution in [3.8, 4) is 0 Å². The Kier molecular flexibility index (Phi) is 4.25. The molecule has 1 saturated carbocycles. The van der Waals surface area contributed by atoms with Gasteiger partial charge in [0.15, 0.2) is 5.03 Å². The van der Waals surface area contributed by atoms with Gasteiger partial charge in [-0.15, -0.1) is 0 Å². The maximum atomic E-state index is 12.2. The van der Waals surface area contributed by atoms with E-state index in [9.17, 15) is 13.2 Å². The fourth-order valence-electron chi connectivity index (χ4n) is 2.48. The molecule has 120 valence electrons. The van der Waals surface area contributed by atoms with Gasteiger partial charge < -0.3 is 0 Å². The molecular formula is C16H15BrN2O3S. The van der Waals surface area contributed by atoms with E-state index in [1.165, 1.54) is 12.3 Å². The van der Waals surface area contributed by atoms with Crippen LogP contribution in [-0.4, -0.2) is 19.3 Å². The normalized spacial score (nSPS) is 20.1. The van der Waals surface area contributed by atoms with Crippen LogP contribution in [-0.2, 0) is 14.8 Å². The summed E-state index contributed by atoms with van der Waals surface area (Å²) in [6.45, 7) is 1.77. The Bertz CT molecular complexity index is 850. The van der Waals surface area contributed by atoms with Crippen LogP contribution in [0.25, 0.3) is 0 Å². The number of hydrogen-bond donors (Lipinski definition) is 1. The molecule has 0 unspecified atom stereocenters. The third kappa shape index (κ3) is 3.61. The third-order valence-corrected chi connectivity index (χ3v) is 5.60. The highest BCUT2D eigenvalue weighted by Gasteiger charge is 2.45. The van der Waals surface area contributed by atoms with Gasteiger partial charge in [0.2, 0.25) is 5.91 Å². The van der Waals surface area contributed by atoms with Gasteiger partial charge in [0.1, 0.15) is 0 Å². The average Bonchev–Trinajstić information content (AvgIpc) is 3.28. The van der Waals surface area contributed by atoms with Crippen LogP contribution in [0.4, 0.5) is 0 Å². The minimum absolute atomic E-state index is 0.0729. The zero-order valence-electron chi connectivity index (χ0n) is 12.4. The first-order valence-corrected chi connectivity index (χ1v) is 9.39. The number of carbonyl (C=O) groups excluding carboxylic acids is 1. The van der Waals surface area contributed by atoms with E-state index in [-0.39, 0.29) is 16.9 Å². The molecule has 1 aliphatic carbocycles. The Morgan fingerprint density at radius 2 is 1.96 bits per heavy atom. The molecule has 0 radical (unpaired) electrons. The zero-order valence-corrected chi connectivity index (χ0v) is 14.8. The Morgan fingerprint density at radius 1 is 1.26 bits per heavy atom. The van der Waals surface area contributed by atoms with Crippen LogP contribution in [0, 0.1) is 12.8 Å². The number of sulfonamides is 1. The van der Waals surface area contributed by atoms with Gasteiger partial charge in [-0.25, -0.2) is 9.71 Å². The van der Waals surface area contributed by atoms with E-state index in [2.05, 4.69) is 25.6 Å². The standard InChI is InChI=1S/C16H15BrN2O3S/c1-10-6-7-18-15(8-10)23(21,22)19-16(20)14-9-13(14)11-2-4-12(17)5-3-11/h2-8,13-14H,9H2,1H3,(H,19,20)/t13-,14+/m0/s1. The van der Waals surface area contributed by atoms with Crippen LogP contribution >= 0.6 is 15.9 Å². The highest BCUT2D eigenvalue weighted by Crippen LogP contribution is 2.47. The molecule has 23 heavy (non-hydrogen) atoms. The summed E-state index contributed by atoms with van der Waals surface area (Å²) in [6, 6.07) is 10.9. The van der Waals surface area contributed by atoms with E-state index >= 15 is 0 Å². The molecule has 2 atom stereocenters. The predicted molar refractivity (Wildman–Crippen MR) is 89.3 cm³/mol. The van der Waals surface area contributed by atoms with Gasteiger partial charge >= 0.3 is 0 Å². The number of amides is 1. The van der Waals surface area contributed by atoms with Gasteiger partial charge in [-0.2, -0.15) is 8.42 Å². The van der Waals surface area contributed by atoms with Gasteiger partial charge in [-0.3, -0.25) is 4.79 Å². The molecule has 1 amide bonds.